The second-order valence-electron chi connectivity index (χ2n) is 6.75. The van der Waals surface area contributed by atoms with E-state index in [4.69, 9.17) is 10.5 Å². The monoisotopic (exact) mass is 339 g/mol. The fraction of sp³-hybridized carbons (Fsp3) is 0.562. The molecule has 0 aromatic heterocycles. The van der Waals surface area contributed by atoms with Crippen molar-refractivity contribution in [1.29, 1.82) is 0 Å². The zero-order valence-electron chi connectivity index (χ0n) is 13.0. The van der Waals surface area contributed by atoms with E-state index in [-0.39, 0.29) is 48.2 Å². The van der Waals surface area contributed by atoms with Crippen molar-refractivity contribution in [2.45, 2.75) is 37.4 Å². The molecule has 0 spiro atoms. The first kappa shape index (κ1) is 15.4. The number of hydrogen-bond donors (Lipinski definition) is 2. The highest BCUT2D eigenvalue weighted by molar-refractivity contribution is 5.68. The van der Waals surface area contributed by atoms with Crippen LogP contribution in [0, 0.1) is 11.6 Å². The molecule has 0 saturated carbocycles. The molecule has 130 valence electrons. The highest BCUT2D eigenvalue weighted by Crippen LogP contribution is 2.39. The van der Waals surface area contributed by atoms with Crippen LogP contribution in [0.15, 0.2) is 6.07 Å². The number of anilines is 1. The van der Waals surface area contributed by atoms with Crippen molar-refractivity contribution in [2.24, 2.45) is 5.73 Å². The summed E-state index contributed by atoms with van der Waals surface area (Å²) < 4.78 is 34.6. The van der Waals surface area contributed by atoms with E-state index in [1.807, 2.05) is 0 Å². The number of amides is 1. The standard InChI is InChI=1S/C16H19F2N3O3/c17-12-4-13(14(18)15-11(12)3-8(19)7-24-15)20-5-9-1-2-10(6-20)21(9)16(22)23/h4,8-10H,1-3,5-7,19H2,(H,22,23)/t8-,9?,10?/m0/s1. The molecule has 3 aliphatic rings. The molecular formula is C16H19F2N3O3. The number of benzene rings is 1. The highest BCUT2D eigenvalue weighted by atomic mass is 19.1. The SMILES string of the molecule is N[C@@H]1COc2c(F)c(N3CC4CCC(C3)N4C(=O)O)cc(F)c2C1. The predicted octanol–water partition coefficient (Wildman–Crippen LogP) is 1.56. The van der Waals surface area contributed by atoms with Gasteiger partial charge in [-0.3, -0.25) is 4.90 Å². The maximum Gasteiger partial charge on any atom is 0.407 e. The van der Waals surface area contributed by atoms with Crippen LogP contribution in [0.1, 0.15) is 18.4 Å². The number of nitrogens with two attached hydrogens (primary N) is 1. The first-order chi connectivity index (χ1) is 11.5. The Hall–Kier alpha value is -2.09. The minimum Gasteiger partial charge on any atom is -0.488 e. The number of carbonyl (C=O) groups is 1. The van der Waals surface area contributed by atoms with Crippen LogP contribution in [0.25, 0.3) is 0 Å². The molecule has 3 heterocycles. The van der Waals surface area contributed by atoms with E-state index in [2.05, 4.69) is 0 Å². The second-order valence-corrected chi connectivity index (χ2v) is 6.75. The average molecular weight is 339 g/mol. The average Bonchev–Trinajstić information content (AvgIpc) is 2.82. The minimum atomic E-state index is -0.948. The van der Waals surface area contributed by atoms with Gasteiger partial charge in [-0.05, 0) is 19.3 Å². The second kappa shape index (κ2) is 5.47. The van der Waals surface area contributed by atoms with Crippen LogP contribution in [0.4, 0.5) is 19.3 Å². The summed E-state index contributed by atoms with van der Waals surface area (Å²) in [6, 6.07) is 0.473. The van der Waals surface area contributed by atoms with E-state index in [0.29, 0.717) is 13.1 Å². The van der Waals surface area contributed by atoms with Gasteiger partial charge in [-0.1, -0.05) is 0 Å². The Bertz CT molecular complexity index is 686. The molecule has 2 unspecified atom stereocenters. The summed E-state index contributed by atoms with van der Waals surface area (Å²) in [5.41, 5.74) is 6.08. The lowest BCUT2D eigenvalue weighted by atomic mass is 10.0. The van der Waals surface area contributed by atoms with Crippen molar-refractivity contribution in [1.82, 2.24) is 4.90 Å². The lowest BCUT2D eigenvalue weighted by molar-refractivity contribution is 0.114. The molecule has 8 heteroatoms. The van der Waals surface area contributed by atoms with Gasteiger partial charge in [0.1, 0.15) is 12.4 Å². The summed E-state index contributed by atoms with van der Waals surface area (Å²) in [5.74, 6) is -1.16. The minimum absolute atomic E-state index is 0.0558. The van der Waals surface area contributed by atoms with Gasteiger partial charge in [-0.2, -0.15) is 0 Å². The summed E-state index contributed by atoms with van der Waals surface area (Å²) >= 11 is 0. The summed E-state index contributed by atoms with van der Waals surface area (Å²) in [4.78, 5) is 14.5. The number of nitrogens with zero attached hydrogens (tertiary/aromatic N) is 2. The van der Waals surface area contributed by atoms with Crippen molar-refractivity contribution in [2.75, 3.05) is 24.6 Å². The lowest BCUT2D eigenvalue weighted by Gasteiger charge is -2.41. The molecule has 6 nitrogen and oxygen atoms in total. The molecule has 0 aliphatic carbocycles. The van der Waals surface area contributed by atoms with Crippen molar-refractivity contribution in [3.8, 4) is 5.75 Å². The predicted molar refractivity (Wildman–Crippen MR) is 82.4 cm³/mol. The molecule has 3 aliphatic heterocycles. The number of rotatable bonds is 1. The molecule has 1 aromatic rings. The van der Waals surface area contributed by atoms with Crippen LogP contribution in [-0.4, -0.2) is 53.9 Å². The summed E-state index contributed by atoms with van der Waals surface area (Å²) in [7, 11) is 0. The zero-order chi connectivity index (χ0) is 17.0. The normalized spacial score (nSPS) is 28.5. The highest BCUT2D eigenvalue weighted by Gasteiger charge is 2.43. The van der Waals surface area contributed by atoms with E-state index in [9.17, 15) is 18.7 Å². The van der Waals surface area contributed by atoms with E-state index < -0.39 is 17.7 Å². The summed E-state index contributed by atoms with van der Waals surface area (Å²) in [6.07, 6.45) is 0.787. The maximum atomic E-state index is 14.9. The molecule has 1 amide bonds. The third kappa shape index (κ3) is 2.28. The van der Waals surface area contributed by atoms with E-state index in [1.54, 1.807) is 4.90 Å². The third-order valence-electron chi connectivity index (χ3n) is 5.20. The summed E-state index contributed by atoms with van der Waals surface area (Å²) in [6.45, 7) is 0.875. The molecule has 3 atom stereocenters. The Labute approximate surface area is 137 Å². The van der Waals surface area contributed by atoms with Gasteiger partial charge in [0.25, 0.3) is 0 Å². The Morgan fingerprint density at radius 1 is 1.29 bits per heavy atom. The first-order valence-electron chi connectivity index (χ1n) is 8.11. The number of hydrogen-bond acceptors (Lipinski definition) is 4. The van der Waals surface area contributed by atoms with Crippen molar-refractivity contribution >= 4 is 11.8 Å². The summed E-state index contributed by atoms with van der Waals surface area (Å²) in [5, 5.41) is 9.30. The molecule has 3 N–H and O–H groups in total. The largest absolute Gasteiger partial charge is 0.488 e. The van der Waals surface area contributed by atoms with Crippen LogP contribution in [0.5, 0.6) is 5.75 Å². The van der Waals surface area contributed by atoms with Gasteiger partial charge in [-0.25, -0.2) is 13.6 Å². The van der Waals surface area contributed by atoms with Crippen molar-refractivity contribution in [3.05, 3.63) is 23.3 Å². The molecule has 4 rings (SSSR count). The Morgan fingerprint density at radius 3 is 2.58 bits per heavy atom. The molecule has 2 bridgehead atoms. The number of piperazine rings is 1. The Morgan fingerprint density at radius 2 is 1.96 bits per heavy atom. The van der Waals surface area contributed by atoms with E-state index in [1.165, 1.54) is 11.0 Å². The molecular weight excluding hydrogens is 320 g/mol. The van der Waals surface area contributed by atoms with Crippen LogP contribution < -0.4 is 15.4 Å². The van der Waals surface area contributed by atoms with Crippen molar-refractivity contribution < 1.29 is 23.4 Å². The number of carboxylic acid groups (broad SMARTS) is 1. The fourth-order valence-electron chi connectivity index (χ4n) is 4.12. The van der Waals surface area contributed by atoms with Gasteiger partial charge in [0.15, 0.2) is 11.6 Å². The number of halogens is 2. The van der Waals surface area contributed by atoms with Gasteiger partial charge in [0, 0.05) is 30.8 Å². The number of ether oxygens (including phenoxy) is 1. The lowest BCUT2D eigenvalue weighted by Crippen LogP contribution is -2.55. The quantitative estimate of drug-likeness (QED) is 0.812. The van der Waals surface area contributed by atoms with Crippen molar-refractivity contribution in [3.63, 3.8) is 0 Å². The molecule has 1 aromatic carbocycles. The molecule has 2 saturated heterocycles. The third-order valence-corrected chi connectivity index (χ3v) is 5.20. The van der Waals surface area contributed by atoms with Crippen LogP contribution in [0.2, 0.25) is 0 Å². The van der Waals surface area contributed by atoms with Gasteiger partial charge in [0.05, 0.1) is 17.8 Å². The van der Waals surface area contributed by atoms with Crippen LogP contribution in [0.3, 0.4) is 0 Å². The zero-order valence-corrected chi connectivity index (χ0v) is 13.0. The fourth-order valence-corrected chi connectivity index (χ4v) is 4.12. The van der Waals surface area contributed by atoms with Gasteiger partial charge in [-0.15, -0.1) is 0 Å². The Kier molecular flexibility index (Phi) is 3.52. The number of fused-ring (bicyclic) bond motifs is 3. The van der Waals surface area contributed by atoms with E-state index in [0.717, 1.165) is 12.8 Å². The van der Waals surface area contributed by atoms with Gasteiger partial charge < -0.3 is 20.5 Å². The molecule has 24 heavy (non-hydrogen) atoms. The molecule has 2 fully saturated rings. The smallest absolute Gasteiger partial charge is 0.407 e. The van der Waals surface area contributed by atoms with Crippen LogP contribution >= 0.6 is 0 Å². The molecule has 0 radical (unpaired) electrons. The maximum absolute atomic E-state index is 14.9. The van der Waals surface area contributed by atoms with E-state index >= 15 is 0 Å². The first-order valence-corrected chi connectivity index (χ1v) is 8.11. The van der Waals surface area contributed by atoms with Gasteiger partial charge >= 0.3 is 6.09 Å². The van der Waals surface area contributed by atoms with Gasteiger partial charge in [0.2, 0.25) is 0 Å². The van der Waals surface area contributed by atoms with Crippen LogP contribution in [-0.2, 0) is 6.42 Å². The topological polar surface area (TPSA) is 79.0 Å². The Balaban J connectivity index is 1.67.